The van der Waals surface area contributed by atoms with Gasteiger partial charge in [0.05, 0.1) is 30.8 Å². The number of esters is 1. The molecule has 0 aromatic heterocycles. The third kappa shape index (κ3) is 5.58. The lowest BCUT2D eigenvalue weighted by molar-refractivity contribution is 0.0600. The van der Waals surface area contributed by atoms with E-state index >= 15 is 0 Å². The van der Waals surface area contributed by atoms with Crippen LogP contribution >= 0.6 is 0 Å². The number of hydrogen-bond donors (Lipinski definition) is 0. The highest BCUT2D eigenvalue weighted by atomic mass is 32.2. The summed E-state index contributed by atoms with van der Waals surface area (Å²) < 4.78 is 39.1. The Labute approximate surface area is 147 Å². The van der Waals surface area contributed by atoms with Crippen LogP contribution in [0.15, 0.2) is 53.4 Å². The maximum atomic E-state index is 12.0. The molecule has 0 fully saturated rings. The quantitative estimate of drug-likeness (QED) is 0.407. The highest BCUT2D eigenvalue weighted by Gasteiger charge is 2.14. The van der Waals surface area contributed by atoms with Crippen LogP contribution in [-0.4, -0.2) is 34.7 Å². The first-order chi connectivity index (χ1) is 11.9. The molecule has 0 bridgehead atoms. The normalized spacial score (nSPS) is 11.1. The van der Waals surface area contributed by atoms with Gasteiger partial charge in [0.1, 0.15) is 5.75 Å². The van der Waals surface area contributed by atoms with Crippen molar-refractivity contribution in [3.8, 4) is 5.75 Å². The fourth-order valence-corrected chi connectivity index (χ4v) is 2.94. The first-order valence-electron chi connectivity index (χ1n) is 7.69. The van der Waals surface area contributed by atoms with E-state index in [-0.39, 0.29) is 11.5 Å². The van der Waals surface area contributed by atoms with Gasteiger partial charge in [-0.3, -0.25) is 4.18 Å². The molecular formula is C18H20O6S. The highest BCUT2D eigenvalue weighted by Crippen LogP contribution is 2.15. The molecule has 0 spiro atoms. The van der Waals surface area contributed by atoms with E-state index in [4.69, 9.17) is 8.92 Å². The largest absolute Gasteiger partial charge is 0.494 e. The van der Waals surface area contributed by atoms with Gasteiger partial charge in [-0.2, -0.15) is 8.42 Å². The average Bonchev–Trinajstić information content (AvgIpc) is 2.61. The van der Waals surface area contributed by atoms with Crippen LogP contribution in [0.1, 0.15) is 22.3 Å². The van der Waals surface area contributed by atoms with E-state index in [1.165, 1.54) is 19.2 Å². The molecule has 25 heavy (non-hydrogen) atoms. The van der Waals surface area contributed by atoms with E-state index in [2.05, 4.69) is 4.74 Å². The van der Waals surface area contributed by atoms with E-state index < -0.39 is 16.1 Å². The van der Waals surface area contributed by atoms with Gasteiger partial charge in [0.15, 0.2) is 0 Å². The second kappa shape index (κ2) is 8.64. The van der Waals surface area contributed by atoms with Crippen LogP contribution in [-0.2, 0) is 19.0 Å². The van der Waals surface area contributed by atoms with Gasteiger partial charge in [-0.1, -0.05) is 17.7 Å². The fourth-order valence-electron chi connectivity index (χ4n) is 2.00. The summed E-state index contributed by atoms with van der Waals surface area (Å²) in [5.41, 5.74) is 1.41. The van der Waals surface area contributed by atoms with Crippen molar-refractivity contribution in [3.63, 3.8) is 0 Å². The highest BCUT2D eigenvalue weighted by molar-refractivity contribution is 7.86. The van der Waals surface area contributed by atoms with E-state index in [0.29, 0.717) is 24.3 Å². The van der Waals surface area contributed by atoms with Gasteiger partial charge in [0.2, 0.25) is 0 Å². The zero-order valence-electron chi connectivity index (χ0n) is 14.1. The standard InChI is InChI=1S/C18H20O6S/c1-14-4-10-17(11-5-14)25(20,21)24-13-3-12-23-16-8-6-15(7-9-16)18(19)22-2/h4-11H,3,12-13H2,1-2H3. The summed E-state index contributed by atoms with van der Waals surface area (Å²) >= 11 is 0. The van der Waals surface area contributed by atoms with Gasteiger partial charge in [-0.05, 0) is 43.3 Å². The minimum Gasteiger partial charge on any atom is -0.494 e. The van der Waals surface area contributed by atoms with Gasteiger partial charge in [-0.15, -0.1) is 0 Å². The molecule has 134 valence electrons. The van der Waals surface area contributed by atoms with Crippen molar-refractivity contribution in [2.75, 3.05) is 20.3 Å². The summed E-state index contributed by atoms with van der Waals surface area (Å²) in [6, 6.07) is 13.0. The van der Waals surface area contributed by atoms with E-state index in [0.717, 1.165) is 5.56 Å². The Morgan fingerprint density at radius 1 is 0.960 bits per heavy atom. The molecule has 0 heterocycles. The Morgan fingerprint density at radius 3 is 2.20 bits per heavy atom. The van der Waals surface area contributed by atoms with Gasteiger partial charge in [0, 0.05) is 6.42 Å². The fraction of sp³-hybridized carbons (Fsp3) is 0.278. The van der Waals surface area contributed by atoms with Crippen LogP contribution in [0.2, 0.25) is 0 Å². The predicted octanol–water partition coefficient (Wildman–Crippen LogP) is 2.96. The van der Waals surface area contributed by atoms with Crippen molar-refractivity contribution in [2.24, 2.45) is 0 Å². The molecule has 0 aliphatic rings. The molecule has 0 saturated carbocycles. The molecule has 0 aliphatic heterocycles. The maximum absolute atomic E-state index is 12.0. The Balaban J connectivity index is 1.76. The number of benzene rings is 2. The molecule has 2 aromatic carbocycles. The number of rotatable bonds is 8. The van der Waals surface area contributed by atoms with Crippen molar-refractivity contribution in [3.05, 3.63) is 59.7 Å². The van der Waals surface area contributed by atoms with E-state index in [1.807, 2.05) is 6.92 Å². The second-order valence-electron chi connectivity index (χ2n) is 5.31. The maximum Gasteiger partial charge on any atom is 0.337 e. The summed E-state index contributed by atoms with van der Waals surface area (Å²) in [6.45, 7) is 2.20. The number of methoxy groups -OCH3 is 1. The van der Waals surface area contributed by atoms with Crippen LogP contribution in [0, 0.1) is 6.92 Å². The van der Waals surface area contributed by atoms with Crippen LogP contribution < -0.4 is 4.74 Å². The van der Waals surface area contributed by atoms with E-state index in [1.54, 1.807) is 36.4 Å². The number of ether oxygens (including phenoxy) is 2. The molecule has 0 N–H and O–H groups in total. The number of hydrogen-bond acceptors (Lipinski definition) is 6. The summed E-state index contributed by atoms with van der Waals surface area (Å²) in [7, 11) is -2.43. The monoisotopic (exact) mass is 364 g/mol. The number of aryl methyl sites for hydroxylation is 1. The van der Waals surface area contributed by atoms with Gasteiger partial charge >= 0.3 is 5.97 Å². The molecule has 0 aliphatic carbocycles. The Bertz CT molecular complexity index is 794. The van der Waals surface area contributed by atoms with Crippen molar-refractivity contribution in [1.82, 2.24) is 0 Å². The van der Waals surface area contributed by atoms with Crippen LogP contribution in [0.25, 0.3) is 0 Å². The van der Waals surface area contributed by atoms with Crippen LogP contribution in [0.5, 0.6) is 5.75 Å². The van der Waals surface area contributed by atoms with Crippen LogP contribution in [0.3, 0.4) is 0 Å². The lowest BCUT2D eigenvalue weighted by Crippen LogP contribution is -2.10. The summed E-state index contributed by atoms with van der Waals surface area (Å²) in [6.07, 6.45) is 0.407. The van der Waals surface area contributed by atoms with Crippen molar-refractivity contribution >= 4 is 16.1 Å². The van der Waals surface area contributed by atoms with Crippen LogP contribution in [0.4, 0.5) is 0 Å². The van der Waals surface area contributed by atoms with Gasteiger partial charge in [0.25, 0.3) is 10.1 Å². The van der Waals surface area contributed by atoms with Crippen molar-refractivity contribution in [2.45, 2.75) is 18.2 Å². The minimum atomic E-state index is -3.75. The molecule has 0 atom stereocenters. The van der Waals surface area contributed by atoms with Crippen molar-refractivity contribution < 1.29 is 26.9 Å². The molecule has 2 aromatic rings. The lowest BCUT2D eigenvalue weighted by atomic mass is 10.2. The van der Waals surface area contributed by atoms with Gasteiger partial charge < -0.3 is 9.47 Å². The molecule has 6 nitrogen and oxygen atoms in total. The molecule has 2 rings (SSSR count). The molecule has 7 heteroatoms. The Kier molecular flexibility index (Phi) is 6.55. The first-order valence-corrected chi connectivity index (χ1v) is 9.10. The molecule has 0 radical (unpaired) electrons. The summed E-state index contributed by atoms with van der Waals surface area (Å²) in [5.74, 6) is 0.162. The number of carbonyl (C=O) groups excluding carboxylic acids is 1. The van der Waals surface area contributed by atoms with E-state index in [9.17, 15) is 13.2 Å². The third-order valence-electron chi connectivity index (χ3n) is 3.38. The summed E-state index contributed by atoms with van der Waals surface area (Å²) in [4.78, 5) is 11.5. The predicted molar refractivity (Wildman–Crippen MR) is 92.2 cm³/mol. The smallest absolute Gasteiger partial charge is 0.337 e. The first kappa shape index (κ1) is 19.0. The molecule has 0 saturated heterocycles. The molecule has 0 amide bonds. The number of carbonyl (C=O) groups is 1. The zero-order chi connectivity index (χ0) is 18.3. The summed E-state index contributed by atoms with van der Waals surface area (Å²) in [5, 5.41) is 0. The second-order valence-corrected chi connectivity index (χ2v) is 6.92. The average molecular weight is 364 g/mol. The molecular weight excluding hydrogens is 344 g/mol. The SMILES string of the molecule is COC(=O)c1ccc(OCCCOS(=O)(=O)c2ccc(C)cc2)cc1. The zero-order valence-corrected chi connectivity index (χ0v) is 14.9. The third-order valence-corrected chi connectivity index (χ3v) is 4.71. The molecule has 0 unspecified atom stereocenters. The lowest BCUT2D eigenvalue weighted by Gasteiger charge is -2.08. The minimum absolute atomic E-state index is 0.0243. The van der Waals surface area contributed by atoms with Crippen molar-refractivity contribution in [1.29, 1.82) is 0 Å². The Morgan fingerprint density at radius 2 is 1.60 bits per heavy atom. The Hall–Kier alpha value is -2.38. The van der Waals surface area contributed by atoms with Gasteiger partial charge in [-0.25, -0.2) is 4.79 Å². The topological polar surface area (TPSA) is 78.9 Å².